The average Bonchev–Trinajstić information content (AvgIpc) is 2.52. The molecule has 1 aromatic heterocycles. The quantitative estimate of drug-likeness (QED) is 0.835. The molecule has 134 valence electrons. The van der Waals surface area contributed by atoms with Crippen LogP contribution in [0.2, 0.25) is 0 Å². The third-order valence-electron chi connectivity index (χ3n) is 3.15. The Balaban J connectivity index is 2.30. The molecule has 2 aromatic rings. The maximum Gasteiger partial charge on any atom is 0.422 e. The van der Waals surface area contributed by atoms with Gasteiger partial charge >= 0.3 is 6.18 Å². The van der Waals surface area contributed by atoms with E-state index in [0.29, 0.717) is 16.8 Å². The maximum absolute atomic E-state index is 12.3. The normalized spacial score (nSPS) is 12.5. The molecule has 1 aromatic carbocycles. The first-order valence-electron chi connectivity index (χ1n) is 7.54. The van der Waals surface area contributed by atoms with Gasteiger partial charge in [0, 0.05) is 42.0 Å². The molecule has 0 aliphatic carbocycles. The highest BCUT2D eigenvalue weighted by Gasteiger charge is 2.28. The fourth-order valence-electron chi connectivity index (χ4n) is 2.15. The fourth-order valence-corrected chi connectivity index (χ4v) is 2.15. The highest BCUT2D eigenvalue weighted by molar-refractivity contribution is 5.96. The van der Waals surface area contributed by atoms with Crippen molar-refractivity contribution in [1.29, 1.82) is 0 Å². The topological polar surface area (TPSA) is 77.2 Å². The number of hydrogen-bond acceptors (Lipinski definition) is 4. The Morgan fingerprint density at radius 1 is 1.36 bits per heavy atom. The molecule has 2 rings (SSSR count). The molecule has 3 N–H and O–H groups in total. The van der Waals surface area contributed by atoms with Crippen LogP contribution in [-0.2, 0) is 4.79 Å². The number of rotatable bonds is 6. The molecule has 25 heavy (non-hydrogen) atoms. The summed E-state index contributed by atoms with van der Waals surface area (Å²) in [4.78, 5) is 16.0. The fraction of sp³-hybridized carbons (Fsp3) is 0.294. The molecule has 1 amide bonds. The molecule has 8 heteroatoms. The zero-order chi connectivity index (χ0) is 18.4. The number of carbonyl (C=O) groups is 1. The molecular weight excluding hydrogens is 335 g/mol. The average molecular weight is 353 g/mol. The second-order valence-electron chi connectivity index (χ2n) is 5.58. The number of nitrogens with one attached hydrogen (secondary N) is 1. The molecular formula is C17H18F3N3O2. The monoisotopic (exact) mass is 353 g/mol. The van der Waals surface area contributed by atoms with Crippen molar-refractivity contribution in [2.75, 3.05) is 11.9 Å². The van der Waals surface area contributed by atoms with Crippen molar-refractivity contribution in [3.8, 4) is 16.9 Å². The zero-order valence-corrected chi connectivity index (χ0v) is 13.5. The van der Waals surface area contributed by atoms with E-state index in [4.69, 9.17) is 10.5 Å². The first-order valence-corrected chi connectivity index (χ1v) is 7.54. The summed E-state index contributed by atoms with van der Waals surface area (Å²) in [5.41, 5.74) is 7.26. The van der Waals surface area contributed by atoms with E-state index in [-0.39, 0.29) is 24.1 Å². The van der Waals surface area contributed by atoms with Crippen molar-refractivity contribution >= 4 is 11.6 Å². The third-order valence-corrected chi connectivity index (χ3v) is 3.15. The van der Waals surface area contributed by atoms with Crippen LogP contribution in [0.15, 0.2) is 42.7 Å². The number of alkyl halides is 3. The second-order valence-corrected chi connectivity index (χ2v) is 5.58. The van der Waals surface area contributed by atoms with Crippen LogP contribution in [0.25, 0.3) is 11.1 Å². The largest absolute Gasteiger partial charge is 0.484 e. The molecule has 0 saturated heterocycles. The maximum atomic E-state index is 12.3. The molecule has 0 radical (unpaired) electrons. The first-order chi connectivity index (χ1) is 11.7. The lowest BCUT2D eigenvalue weighted by Gasteiger charge is -2.15. The van der Waals surface area contributed by atoms with Gasteiger partial charge in [-0.1, -0.05) is 6.07 Å². The summed E-state index contributed by atoms with van der Waals surface area (Å²) in [5.74, 6) is -0.339. The van der Waals surface area contributed by atoms with Crippen LogP contribution >= 0.6 is 0 Å². The summed E-state index contributed by atoms with van der Waals surface area (Å²) in [5, 5.41) is 2.67. The van der Waals surface area contributed by atoms with Gasteiger partial charge in [-0.15, -0.1) is 0 Å². The Labute approximate surface area is 143 Å². The summed E-state index contributed by atoms with van der Waals surface area (Å²) in [6.45, 7) is 0.275. The highest BCUT2D eigenvalue weighted by Crippen LogP contribution is 2.32. The van der Waals surface area contributed by atoms with E-state index in [1.807, 2.05) is 0 Å². The molecule has 0 aliphatic heterocycles. The van der Waals surface area contributed by atoms with Crippen LogP contribution in [0.1, 0.15) is 13.3 Å². The van der Waals surface area contributed by atoms with Crippen LogP contribution in [-0.4, -0.2) is 29.7 Å². The van der Waals surface area contributed by atoms with E-state index < -0.39 is 12.8 Å². The van der Waals surface area contributed by atoms with Gasteiger partial charge in [-0.2, -0.15) is 13.2 Å². The van der Waals surface area contributed by atoms with Crippen LogP contribution in [0.4, 0.5) is 18.9 Å². The Kier molecular flexibility index (Phi) is 5.97. The van der Waals surface area contributed by atoms with Crippen LogP contribution in [0, 0.1) is 0 Å². The number of amides is 1. The lowest BCUT2D eigenvalue weighted by atomic mass is 10.0. The molecule has 0 bridgehead atoms. The number of hydrogen-bond donors (Lipinski definition) is 2. The van der Waals surface area contributed by atoms with E-state index in [0.717, 1.165) is 0 Å². The lowest BCUT2D eigenvalue weighted by molar-refractivity contribution is -0.153. The lowest BCUT2D eigenvalue weighted by Crippen LogP contribution is -2.24. The number of pyridine rings is 1. The van der Waals surface area contributed by atoms with Crippen molar-refractivity contribution in [2.24, 2.45) is 5.73 Å². The van der Waals surface area contributed by atoms with Gasteiger partial charge in [-0.3, -0.25) is 9.78 Å². The molecule has 0 saturated carbocycles. The Morgan fingerprint density at radius 2 is 2.12 bits per heavy atom. The standard InChI is InChI=1S/C17H18F3N3O2/c1-11(21)7-16(24)23-15-8-13(25-10-17(18,19)20)4-5-14(15)12-3-2-6-22-9-12/h2-6,8-9,11H,7,10,21H2,1H3,(H,23,24). The molecule has 1 atom stereocenters. The van der Waals surface area contributed by atoms with Gasteiger partial charge in [-0.05, 0) is 25.1 Å². The molecule has 0 fully saturated rings. The summed E-state index contributed by atoms with van der Waals surface area (Å²) >= 11 is 0. The van der Waals surface area contributed by atoms with E-state index in [1.165, 1.54) is 12.1 Å². The first kappa shape index (κ1) is 18.7. The van der Waals surface area contributed by atoms with Gasteiger partial charge in [0.05, 0.1) is 5.69 Å². The molecule has 0 spiro atoms. The van der Waals surface area contributed by atoms with Gasteiger partial charge < -0.3 is 15.8 Å². The Morgan fingerprint density at radius 3 is 2.72 bits per heavy atom. The van der Waals surface area contributed by atoms with Crippen molar-refractivity contribution in [1.82, 2.24) is 4.98 Å². The molecule has 0 aliphatic rings. The van der Waals surface area contributed by atoms with E-state index in [2.05, 4.69) is 10.3 Å². The van der Waals surface area contributed by atoms with Gasteiger partial charge in [0.2, 0.25) is 5.91 Å². The SMILES string of the molecule is CC(N)CC(=O)Nc1cc(OCC(F)(F)F)ccc1-c1cccnc1. The van der Waals surface area contributed by atoms with Gasteiger partial charge in [0.25, 0.3) is 0 Å². The Bertz CT molecular complexity index is 719. The second kappa shape index (κ2) is 7.98. The minimum absolute atomic E-state index is 0.000984. The van der Waals surface area contributed by atoms with E-state index in [1.54, 1.807) is 37.5 Å². The van der Waals surface area contributed by atoms with Crippen molar-refractivity contribution in [3.63, 3.8) is 0 Å². The van der Waals surface area contributed by atoms with Crippen LogP contribution < -0.4 is 15.8 Å². The van der Waals surface area contributed by atoms with Crippen LogP contribution in [0.3, 0.4) is 0 Å². The number of anilines is 1. The predicted molar refractivity (Wildman–Crippen MR) is 88.1 cm³/mol. The van der Waals surface area contributed by atoms with Crippen molar-refractivity contribution in [2.45, 2.75) is 25.6 Å². The highest BCUT2D eigenvalue weighted by atomic mass is 19.4. The number of carbonyl (C=O) groups excluding carboxylic acids is 1. The van der Waals surface area contributed by atoms with E-state index >= 15 is 0 Å². The van der Waals surface area contributed by atoms with Gasteiger partial charge in [-0.25, -0.2) is 0 Å². The van der Waals surface area contributed by atoms with Gasteiger partial charge in [0.15, 0.2) is 6.61 Å². The number of benzene rings is 1. The zero-order valence-electron chi connectivity index (χ0n) is 13.5. The summed E-state index contributed by atoms with van der Waals surface area (Å²) in [6, 6.07) is 7.50. The summed E-state index contributed by atoms with van der Waals surface area (Å²) in [6.07, 6.45) is -1.17. The number of ether oxygens (including phenoxy) is 1. The van der Waals surface area contributed by atoms with Crippen molar-refractivity contribution in [3.05, 3.63) is 42.7 Å². The summed E-state index contributed by atoms with van der Waals surface area (Å²) < 4.78 is 41.7. The van der Waals surface area contributed by atoms with Gasteiger partial charge in [0.1, 0.15) is 5.75 Å². The smallest absolute Gasteiger partial charge is 0.422 e. The minimum atomic E-state index is -4.44. The Hall–Kier alpha value is -2.61. The predicted octanol–water partition coefficient (Wildman–Crippen LogP) is 3.37. The summed E-state index contributed by atoms with van der Waals surface area (Å²) in [7, 11) is 0. The molecule has 1 unspecified atom stereocenters. The number of halogens is 3. The van der Waals surface area contributed by atoms with E-state index in [9.17, 15) is 18.0 Å². The third kappa shape index (κ3) is 6.07. The molecule has 1 heterocycles. The van der Waals surface area contributed by atoms with Crippen LogP contribution in [0.5, 0.6) is 5.75 Å². The number of aromatic nitrogens is 1. The molecule has 5 nitrogen and oxygen atoms in total. The number of nitrogens with zero attached hydrogens (tertiary/aromatic N) is 1. The van der Waals surface area contributed by atoms with Crippen molar-refractivity contribution < 1.29 is 22.7 Å². The number of nitrogens with two attached hydrogens (primary N) is 1. The minimum Gasteiger partial charge on any atom is -0.484 e.